The van der Waals surface area contributed by atoms with Gasteiger partial charge in [-0.05, 0) is 47.1 Å². The van der Waals surface area contributed by atoms with Gasteiger partial charge < -0.3 is 10.1 Å². The van der Waals surface area contributed by atoms with Crippen molar-refractivity contribution in [2.24, 2.45) is 0 Å². The van der Waals surface area contributed by atoms with Crippen molar-refractivity contribution in [2.75, 3.05) is 0 Å². The minimum absolute atomic E-state index is 0.0250. The number of halogens is 1. The second-order valence-electron chi connectivity index (χ2n) is 6.63. The first-order valence-corrected chi connectivity index (χ1v) is 6.92. The summed E-state index contributed by atoms with van der Waals surface area (Å²) in [6.45, 7) is 10.4. The average Bonchev–Trinajstić information content (AvgIpc) is 2.47. The van der Waals surface area contributed by atoms with E-state index in [9.17, 15) is 4.39 Å². The number of hydrogen-bond donors (Lipinski definition) is 1. The lowest BCUT2D eigenvalue weighted by molar-refractivity contribution is -0.0704. The molecule has 0 radical (unpaired) electrons. The van der Waals surface area contributed by atoms with E-state index < -0.39 is 0 Å². The maximum atomic E-state index is 13.8. The molecule has 0 spiro atoms. The van der Waals surface area contributed by atoms with Crippen LogP contribution in [0.2, 0.25) is 0 Å². The standard InChI is InChI=1S/C16H24FNO/c1-11(12-8-6-7-9-13(12)17)18-14-10-15(2,3)19-16(14,4)5/h6-9,11,14,18H,10H2,1-5H3. The van der Waals surface area contributed by atoms with Crippen LogP contribution in [0.3, 0.4) is 0 Å². The van der Waals surface area contributed by atoms with Gasteiger partial charge in [-0.1, -0.05) is 18.2 Å². The molecular formula is C16H24FNO. The Bertz CT molecular complexity index is 456. The quantitative estimate of drug-likeness (QED) is 0.897. The van der Waals surface area contributed by atoms with E-state index in [1.807, 2.05) is 19.1 Å². The number of benzene rings is 1. The third-order valence-corrected chi connectivity index (χ3v) is 3.90. The Balaban J connectivity index is 2.12. The van der Waals surface area contributed by atoms with Crippen LogP contribution in [0.1, 0.15) is 52.6 Å². The van der Waals surface area contributed by atoms with Crippen LogP contribution >= 0.6 is 0 Å². The first-order chi connectivity index (χ1) is 8.71. The van der Waals surface area contributed by atoms with Gasteiger partial charge in [0, 0.05) is 17.6 Å². The van der Waals surface area contributed by atoms with Gasteiger partial charge in [-0.3, -0.25) is 0 Å². The fourth-order valence-electron chi connectivity index (χ4n) is 3.04. The SMILES string of the molecule is CC(NC1CC(C)(C)OC1(C)C)c1ccccc1F. The lowest BCUT2D eigenvalue weighted by atomic mass is 9.93. The highest BCUT2D eigenvalue weighted by atomic mass is 19.1. The topological polar surface area (TPSA) is 21.3 Å². The number of rotatable bonds is 3. The van der Waals surface area contributed by atoms with Crippen molar-refractivity contribution < 1.29 is 9.13 Å². The first kappa shape index (κ1) is 14.5. The molecule has 0 aliphatic carbocycles. The van der Waals surface area contributed by atoms with Crippen LogP contribution in [0.25, 0.3) is 0 Å². The lowest BCUT2D eigenvalue weighted by Gasteiger charge is -2.30. The predicted molar refractivity (Wildman–Crippen MR) is 75.6 cm³/mol. The van der Waals surface area contributed by atoms with Crippen LogP contribution in [0.15, 0.2) is 24.3 Å². The molecule has 0 amide bonds. The maximum absolute atomic E-state index is 13.8. The molecule has 0 saturated carbocycles. The second kappa shape index (κ2) is 4.88. The highest BCUT2D eigenvalue weighted by Gasteiger charge is 2.46. The van der Waals surface area contributed by atoms with E-state index in [2.05, 4.69) is 33.0 Å². The molecule has 1 aliphatic heterocycles. The van der Waals surface area contributed by atoms with Crippen LogP contribution in [0.4, 0.5) is 4.39 Å². The minimum atomic E-state index is -0.233. The molecule has 1 aliphatic rings. The van der Waals surface area contributed by atoms with Crippen LogP contribution in [0, 0.1) is 5.82 Å². The Morgan fingerprint density at radius 3 is 2.42 bits per heavy atom. The van der Waals surface area contributed by atoms with Gasteiger partial charge in [-0.15, -0.1) is 0 Å². The van der Waals surface area contributed by atoms with Crippen molar-refractivity contribution in [3.05, 3.63) is 35.6 Å². The summed E-state index contributed by atoms with van der Waals surface area (Å²) in [7, 11) is 0. The maximum Gasteiger partial charge on any atom is 0.127 e. The van der Waals surface area contributed by atoms with Gasteiger partial charge in [0.25, 0.3) is 0 Å². The molecule has 0 aromatic heterocycles. The Hall–Kier alpha value is -0.930. The summed E-state index contributed by atoms with van der Waals surface area (Å²) >= 11 is 0. The van der Waals surface area contributed by atoms with Crippen LogP contribution in [0.5, 0.6) is 0 Å². The Morgan fingerprint density at radius 1 is 1.26 bits per heavy atom. The third kappa shape index (κ3) is 3.15. The van der Waals surface area contributed by atoms with Gasteiger partial charge in [0.05, 0.1) is 11.2 Å². The van der Waals surface area contributed by atoms with Crippen molar-refractivity contribution >= 4 is 0 Å². The summed E-state index contributed by atoms with van der Waals surface area (Å²) in [5, 5.41) is 3.52. The fourth-order valence-corrected chi connectivity index (χ4v) is 3.04. The van der Waals surface area contributed by atoms with Gasteiger partial charge in [-0.25, -0.2) is 4.39 Å². The first-order valence-electron chi connectivity index (χ1n) is 6.92. The van der Waals surface area contributed by atoms with Crippen molar-refractivity contribution in [3.8, 4) is 0 Å². The second-order valence-corrected chi connectivity index (χ2v) is 6.63. The zero-order valence-corrected chi connectivity index (χ0v) is 12.5. The molecular weight excluding hydrogens is 241 g/mol. The fraction of sp³-hybridized carbons (Fsp3) is 0.625. The molecule has 1 heterocycles. The molecule has 1 aromatic carbocycles. The van der Waals surface area contributed by atoms with Gasteiger partial charge in [0.15, 0.2) is 0 Å². The van der Waals surface area contributed by atoms with Crippen molar-refractivity contribution in [2.45, 2.75) is 64.3 Å². The summed E-state index contributed by atoms with van der Waals surface area (Å²) < 4.78 is 19.8. The zero-order chi connectivity index (χ0) is 14.3. The molecule has 106 valence electrons. The minimum Gasteiger partial charge on any atom is -0.368 e. The Kier molecular flexibility index (Phi) is 3.72. The van der Waals surface area contributed by atoms with Gasteiger partial charge in [-0.2, -0.15) is 0 Å². The zero-order valence-electron chi connectivity index (χ0n) is 12.5. The number of ether oxygens (including phenoxy) is 1. The van der Waals surface area contributed by atoms with Crippen LogP contribution in [-0.4, -0.2) is 17.2 Å². The summed E-state index contributed by atoms with van der Waals surface area (Å²) in [6.07, 6.45) is 0.929. The van der Waals surface area contributed by atoms with Gasteiger partial charge in [0.2, 0.25) is 0 Å². The molecule has 1 N–H and O–H groups in total. The van der Waals surface area contributed by atoms with Crippen molar-refractivity contribution in [1.29, 1.82) is 0 Å². The van der Waals surface area contributed by atoms with Crippen molar-refractivity contribution in [3.63, 3.8) is 0 Å². The molecule has 2 atom stereocenters. The normalized spacial score (nSPS) is 26.3. The summed E-state index contributed by atoms with van der Waals surface area (Å²) in [5.74, 6) is -0.154. The van der Waals surface area contributed by atoms with E-state index in [4.69, 9.17) is 4.74 Å². The predicted octanol–water partition coefficient (Wildman–Crippen LogP) is 3.82. The molecule has 2 rings (SSSR count). The van der Waals surface area contributed by atoms with E-state index in [-0.39, 0.29) is 29.1 Å². The highest BCUT2D eigenvalue weighted by molar-refractivity contribution is 5.21. The van der Waals surface area contributed by atoms with E-state index in [0.29, 0.717) is 5.56 Å². The molecule has 2 unspecified atom stereocenters. The van der Waals surface area contributed by atoms with Crippen LogP contribution < -0.4 is 5.32 Å². The summed E-state index contributed by atoms with van der Waals surface area (Å²) in [5.41, 5.74) is 0.349. The monoisotopic (exact) mass is 265 g/mol. The van der Waals surface area contributed by atoms with E-state index in [0.717, 1.165) is 6.42 Å². The highest BCUT2D eigenvalue weighted by Crippen LogP contribution is 2.38. The Labute approximate surface area is 115 Å². The largest absolute Gasteiger partial charge is 0.368 e. The number of hydrogen-bond acceptors (Lipinski definition) is 2. The summed E-state index contributed by atoms with van der Waals surface area (Å²) in [6, 6.07) is 7.13. The molecule has 0 bridgehead atoms. The smallest absolute Gasteiger partial charge is 0.127 e. The Morgan fingerprint density at radius 2 is 1.89 bits per heavy atom. The lowest BCUT2D eigenvalue weighted by Crippen LogP contribution is -2.44. The van der Waals surface area contributed by atoms with E-state index in [1.54, 1.807) is 6.07 Å². The average molecular weight is 265 g/mol. The molecule has 19 heavy (non-hydrogen) atoms. The van der Waals surface area contributed by atoms with Crippen molar-refractivity contribution in [1.82, 2.24) is 5.32 Å². The molecule has 1 saturated heterocycles. The molecule has 1 aromatic rings. The molecule has 3 heteroatoms. The molecule has 1 fully saturated rings. The van der Waals surface area contributed by atoms with E-state index >= 15 is 0 Å². The number of nitrogens with one attached hydrogen (secondary N) is 1. The summed E-state index contributed by atoms with van der Waals surface area (Å²) in [4.78, 5) is 0. The third-order valence-electron chi connectivity index (χ3n) is 3.90. The van der Waals surface area contributed by atoms with Gasteiger partial charge in [0.1, 0.15) is 5.82 Å². The van der Waals surface area contributed by atoms with E-state index in [1.165, 1.54) is 6.07 Å². The van der Waals surface area contributed by atoms with Gasteiger partial charge >= 0.3 is 0 Å². The van der Waals surface area contributed by atoms with Crippen LogP contribution in [-0.2, 0) is 4.74 Å². The molecule has 2 nitrogen and oxygen atoms in total.